The number of aromatic nitrogens is 2. The highest BCUT2D eigenvalue weighted by molar-refractivity contribution is 6.30. The number of carbonyl (C=O) groups excluding carboxylic acids is 1. The monoisotopic (exact) mass is 401 g/mol. The summed E-state index contributed by atoms with van der Waals surface area (Å²) in [7, 11) is 0. The van der Waals surface area contributed by atoms with Crippen LogP contribution in [0.3, 0.4) is 0 Å². The van der Waals surface area contributed by atoms with Gasteiger partial charge in [0.25, 0.3) is 5.56 Å². The van der Waals surface area contributed by atoms with Gasteiger partial charge in [0, 0.05) is 27.4 Å². The van der Waals surface area contributed by atoms with Crippen LogP contribution in [-0.4, -0.2) is 15.9 Å². The van der Waals surface area contributed by atoms with Crippen molar-refractivity contribution >= 4 is 29.1 Å². The number of benzene rings is 2. The van der Waals surface area contributed by atoms with E-state index in [0.717, 1.165) is 11.1 Å². The molecule has 2 aromatic carbocycles. The van der Waals surface area contributed by atoms with Crippen molar-refractivity contribution in [2.24, 2.45) is 0 Å². The summed E-state index contributed by atoms with van der Waals surface area (Å²) in [5, 5.41) is 4.10. The molecule has 3 aromatic rings. The van der Waals surface area contributed by atoms with Gasteiger partial charge >= 0.3 is 0 Å². The molecule has 0 unspecified atom stereocenters. The molecular weight excluding hydrogens is 385 g/mol. The highest BCUT2D eigenvalue weighted by Gasteiger charge is 2.13. The fraction of sp³-hybridized carbons (Fsp3) is 0.150. The number of halogens is 2. The average molecular weight is 402 g/mol. The van der Waals surface area contributed by atoms with Gasteiger partial charge in [-0.2, -0.15) is 0 Å². The SMILES string of the molecule is C[C@H](NC(=O)Cc1cnc(-c2ccc(Cl)cc2)[nH]c1=O)c1ccc(Cl)cc1. The zero-order chi connectivity index (χ0) is 19.4. The fourth-order valence-electron chi connectivity index (χ4n) is 2.60. The Labute approximate surface area is 166 Å². The lowest BCUT2D eigenvalue weighted by Gasteiger charge is -2.14. The lowest BCUT2D eigenvalue weighted by molar-refractivity contribution is -0.121. The van der Waals surface area contributed by atoms with Crippen LogP contribution >= 0.6 is 23.2 Å². The second-order valence-electron chi connectivity index (χ2n) is 6.11. The number of carbonyl (C=O) groups is 1. The minimum absolute atomic E-state index is 0.0544. The quantitative estimate of drug-likeness (QED) is 0.673. The van der Waals surface area contributed by atoms with Crippen molar-refractivity contribution in [2.75, 3.05) is 0 Å². The predicted octanol–water partition coefficient (Wildman–Crippen LogP) is 4.16. The minimum atomic E-state index is -0.343. The van der Waals surface area contributed by atoms with Gasteiger partial charge < -0.3 is 10.3 Å². The zero-order valence-electron chi connectivity index (χ0n) is 14.5. The van der Waals surface area contributed by atoms with E-state index in [1.807, 2.05) is 19.1 Å². The first-order valence-corrected chi connectivity index (χ1v) is 9.07. The van der Waals surface area contributed by atoms with Gasteiger partial charge in [-0.25, -0.2) is 4.98 Å². The molecule has 1 amide bonds. The largest absolute Gasteiger partial charge is 0.349 e. The molecule has 0 saturated heterocycles. The van der Waals surface area contributed by atoms with Crippen LogP contribution in [0.4, 0.5) is 0 Å². The van der Waals surface area contributed by atoms with E-state index >= 15 is 0 Å². The van der Waals surface area contributed by atoms with Crippen molar-refractivity contribution in [3.05, 3.63) is 86.3 Å². The third-order valence-electron chi connectivity index (χ3n) is 4.09. The van der Waals surface area contributed by atoms with Gasteiger partial charge in [-0.15, -0.1) is 0 Å². The van der Waals surface area contributed by atoms with Gasteiger partial charge in [-0.05, 0) is 48.9 Å². The maximum absolute atomic E-state index is 12.3. The summed E-state index contributed by atoms with van der Waals surface area (Å²) in [5.74, 6) is 0.166. The molecule has 27 heavy (non-hydrogen) atoms. The molecule has 7 heteroatoms. The van der Waals surface area contributed by atoms with Crippen LogP contribution in [0.15, 0.2) is 59.5 Å². The number of rotatable bonds is 5. The average Bonchev–Trinajstić information content (AvgIpc) is 2.64. The van der Waals surface area contributed by atoms with E-state index in [9.17, 15) is 9.59 Å². The Morgan fingerprint density at radius 2 is 1.67 bits per heavy atom. The van der Waals surface area contributed by atoms with E-state index in [1.165, 1.54) is 6.20 Å². The number of aromatic amines is 1. The molecule has 0 fully saturated rings. The number of nitrogens with zero attached hydrogens (tertiary/aromatic N) is 1. The number of amides is 1. The number of H-pyrrole nitrogens is 1. The zero-order valence-corrected chi connectivity index (χ0v) is 16.0. The Bertz CT molecular complexity index is 999. The highest BCUT2D eigenvalue weighted by Crippen LogP contribution is 2.18. The van der Waals surface area contributed by atoms with Crippen LogP contribution in [0.2, 0.25) is 10.0 Å². The summed E-state index contributed by atoms with van der Waals surface area (Å²) in [6.07, 6.45) is 1.37. The van der Waals surface area contributed by atoms with E-state index in [0.29, 0.717) is 21.4 Å². The van der Waals surface area contributed by atoms with E-state index < -0.39 is 0 Å². The summed E-state index contributed by atoms with van der Waals surface area (Å²) in [6, 6.07) is 14.0. The Kier molecular flexibility index (Phi) is 5.94. The van der Waals surface area contributed by atoms with Gasteiger partial charge in [-0.1, -0.05) is 35.3 Å². The molecule has 0 aliphatic heterocycles. The van der Waals surface area contributed by atoms with E-state index in [2.05, 4.69) is 15.3 Å². The predicted molar refractivity (Wildman–Crippen MR) is 107 cm³/mol. The summed E-state index contributed by atoms with van der Waals surface area (Å²) in [5.41, 5.74) is 1.62. The molecule has 0 spiro atoms. The summed E-state index contributed by atoms with van der Waals surface area (Å²) >= 11 is 11.7. The number of hydrogen-bond acceptors (Lipinski definition) is 3. The molecule has 138 valence electrons. The van der Waals surface area contributed by atoms with E-state index in [-0.39, 0.29) is 23.9 Å². The summed E-state index contributed by atoms with van der Waals surface area (Å²) in [6.45, 7) is 1.87. The summed E-state index contributed by atoms with van der Waals surface area (Å²) in [4.78, 5) is 31.5. The van der Waals surface area contributed by atoms with Crippen molar-refractivity contribution in [2.45, 2.75) is 19.4 Å². The number of hydrogen-bond donors (Lipinski definition) is 2. The molecule has 0 aliphatic carbocycles. The van der Waals surface area contributed by atoms with Crippen molar-refractivity contribution in [1.82, 2.24) is 15.3 Å². The van der Waals surface area contributed by atoms with Crippen LogP contribution in [-0.2, 0) is 11.2 Å². The Hall–Kier alpha value is -2.63. The molecule has 3 rings (SSSR count). The maximum atomic E-state index is 12.3. The van der Waals surface area contributed by atoms with Crippen molar-refractivity contribution in [3.63, 3.8) is 0 Å². The van der Waals surface area contributed by atoms with Gasteiger partial charge in [0.05, 0.1) is 12.5 Å². The van der Waals surface area contributed by atoms with E-state index in [1.54, 1.807) is 36.4 Å². The first kappa shape index (κ1) is 19.1. The van der Waals surface area contributed by atoms with E-state index in [4.69, 9.17) is 23.2 Å². The molecular formula is C20H17Cl2N3O2. The van der Waals surface area contributed by atoms with Crippen molar-refractivity contribution in [3.8, 4) is 11.4 Å². The summed E-state index contributed by atoms with van der Waals surface area (Å²) < 4.78 is 0. The van der Waals surface area contributed by atoms with Crippen LogP contribution in [0.25, 0.3) is 11.4 Å². The second kappa shape index (κ2) is 8.37. The van der Waals surface area contributed by atoms with Gasteiger partial charge in [0.1, 0.15) is 5.82 Å². The standard InChI is InChI=1S/C20H17Cl2N3O2/c1-12(13-2-6-16(21)7-3-13)24-18(26)10-15-11-23-19(25-20(15)27)14-4-8-17(22)9-5-14/h2-9,11-12H,10H2,1H3,(H,24,26)(H,23,25,27)/t12-/m0/s1. The third-order valence-corrected chi connectivity index (χ3v) is 4.59. The van der Waals surface area contributed by atoms with Gasteiger partial charge in [0.2, 0.25) is 5.91 Å². The maximum Gasteiger partial charge on any atom is 0.254 e. The Balaban J connectivity index is 1.68. The molecule has 0 saturated carbocycles. The van der Waals surface area contributed by atoms with Crippen LogP contribution in [0.5, 0.6) is 0 Å². The van der Waals surface area contributed by atoms with Crippen LogP contribution < -0.4 is 10.9 Å². The van der Waals surface area contributed by atoms with Crippen molar-refractivity contribution in [1.29, 1.82) is 0 Å². The lowest BCUT2D eigenvalue weighted by atomic mass is 10.1. The Morgan fingerprint density at radius 1 is 1.07 bits per heavy atom. The molecule has 0 radical (unpaired) electrons. The topological polar surface area (TPSA) is 74.8 Å². The van der Waals surface area contributed by atoms with Crippen molar-refractivity contribution < 1.29 is 4.79 Å². The fourth-order valence-corrected chi connectivity index (χ4v) is 2.85. The highest BCUT2D eigenvalue weighted by atomic mass is 35.5. The minimum Gasteiger partial charge on any atom is -0.349 e. The van der Waals surface area contributed by atoms with Crippen LogP contribution in [0.1, 0.15) is 24.1 Å². The second-order valence-corrected chi connectivity index (χ2v) is 6.98. The molecule has 0 aliphatic rings. The van der Waals surface area contributed by atoms with Gasteiger partial charge in [-0.3, -0.25) is 9.59 Å². The molecule has 1 heterocycles. The Morgan fingerprint density at radius 3 is 2.26 bits per heavy atom. The molecule has 2 N–H and O–H groups in total. The van der Waals surface area contributed by atoms with Gasteiger partial charge in [0.15, 0.2) is 0 Å². The lowest BCUT2D eigenvalue weighted by Crippen LogP contribution is -2.30. The third kappa shape index (κ3) is 4.96. The van der Waals surface area contributed by atoms with Crippen LogP contribution in [0, 0.1) is 0 Å². The normalized spacial score (nSPS) is 11.8. The molecule has 0 bridgehead atoms. The smallest absolute Gasteiger partial charge is 0.254 e. The first-order chi connectivity index (χ1) is 12.9. The molecule has 5 nitrogen and oxygen atoms in total. The molecule has 1 atom stereocenters. The first-order valence-electron chi connectivity index (χ1n) is 8.31. The molecule has 1 aromatic heterocycles. The number of nitrogens with one attached hydrogen (secondary N) is 2.